The van der Waals surface area contributed by atoms with Gasteiger partial charge < -0.3 is 10.1 Å². The van der Waals surface area contributed by atoms with Crippen LogP contribution in [0.15, 0.2) is 60.7 Å². The highest BCUT2D eigenvalue weighted by atomic mass is 35.5. The first-order chi connectivity index (χ1) is 10.4. The van der Waals surface area contributed by atoms with E-state index in [1.807, 2.05) is 6.07 Å². The van der Waals surface area contributed by atoms with Gasteiger partial charge in [-0.1, -0.05) is 60.7 Å². The summed E-state index contributed by atoms with van der Waals surface area (Å²) in [6.45, 7) is 3.64. The highest BCUT2D eigenvalue weighted by Gasteiger charge is 2.33. The molecule has 0 radical (unpaired) electrons. The average Bonchev–Trinajstić information content (AvgIpc) is 2.58. The number of piperidine rings is 1. The van der Waals surface area contributed by atoms with Crippen molar-refractivity contribution in [3.05, 3.63) is 71.8 Å². The molecule has 2 nitrogen and oxygen atoms in total. The molecule has 0 bridgehead atoms. The number of ether oxygens (including phenoxy) is 1. The zero-order chi connectivity index (χ0) is 14.4. The summed E-state index contributed by atoms with van der Waals surface area (Å²) in [5.74, 6) is 0. The highest BCUT2D eigenvalue weighted by molar-refractivity contribution is 5.85. The molecule has 2 aromatic rings. The largest absolute Gasteiger partial charge is 0.376 e. The van der Waals surface area contributed by atoms with Crippen molar-refractivity contribution in [2.45, 2.75) is 24.9 Å². The normalized spacial score (nSPS) is 16.7. The van der Waals surface area contributed by atoms with Gasteiger partial charge in [-0.05, 0) is 37.1 Å². The van der Waals surface area contributed by atoms with Crippen molar-refractivity contribution >= 4 is 12.4 Å². The van der Waals surface area contributed by atoms with E-state index in [9.17, 15) is 0 Å². The Balaban J connectivity index is 0.00000176. The maximum Gasteiger partial charge on any atom is 0.0717 e. The number of nitrogens with one attached hydrogen (secondary N) is 1. The monoisotopic (exact) mass is 317 g/mol. The number of hydrogen-bond acceptors (Lipinski definition) is 2. The molecule has 1 aliphatic heterocycles. The van der Waals surface area contributed by atoms with Crippen LogP contribution in [0, 0.1) is 0 Å². The molecule has 22 heavy (non-hydrogen) atoms. The molecule has 0 aromatic heterocycles. The molecule has 1 saturated heterocycles. The van der Waals surface area contributed by atoms with E-state index in [2.05, 4.69) is 59.9 Å². The lowest BCUT2D eigenvalue weighted by molar-refractivity contribution is 0.0565. The fourth-order valence-corrected chi connectivity index (χ4v) is 3.15. The summed E-state index contributed by atoms with van der Waals surface area (Å²) in [5.41, 5.74) is 2.83. The smallest absolute Gasteiger partial charge is 0.0717 e. The third-order valence-electron chi connectivity index (χ3n) is 4.44. The van der Waals surface area contributed by atoms with Crippen LogP contribution in [0.5, 0.6) is 0 Å². The van der Waals surface area contributed by atoms with Crippen molar-refractivity contribution < 1.29 is 4.74 Å². The summed E-state index contributed by atoms with van der Waals surface area (Å²) in [6, 6.07) is 21.3. The molecule has 1 N–H and O–H groups in total. The third-order valence-corrected chi connectivity index (χ3v) is 4.44. The number of benzene rings is 2. The molecular weight excluding hydrogens is 294 g/mol. The second-order valence-electron chi connectivity index (χ2n) is 5.87. The molecular formula is C19H24ClNO. The summed E-state index contributed by atoms with van der Waals surface area (Å²) in [5, 5.41) is 3.46. The molecule has 1 fully saturated rings. The van der Waals surface area contributed by atoms with Crippen LogP contribution in [0.2, 0.25) is 0 Å². The summed E-state index contributed by atoms with van der Waals surface area (Å²) < 4.78 is 6.09. The number of rotatable bonds is 5. The lowest BCUT2D eigenvalue weighted by Gasteiger charge is -2.38. The van der Waals surface area contributed by atoms with Crippen molar-refractivity contribution in [3.8, 4) is 0 Å². The van der Waals surface area contributed by atoms with Crippen molar-refractivity contribution in [1.29, 1.82) is 0 Å². The Kier molecular flexibility index (Phi) is 6.44. The second kappa shape index (κ2) is 8.33. The first-order valence-electron chi connectivity index (χ1n) is 7.77. The van der Waals surface area contributed by atoms with Crippen LogP contribution in [0.3, 0.4) is 0 Å². The van der Waals surface area contributed by atoms with Gasteiger partial charge in [0.15, 0.2) is 0 Å². The molecule has 118 valence electrons. The van der Waals surface area contributed by atoms with Crippen molar-refractivity contribution in [3.63, 3.8) is 0 Å². The van der Waals surface area contributed by atoms with E-state index in [0.717, 1.165) is 32.5 Å². The second-order valence-corrected chi connectivity index (χ2v) is 5.87. The Hall–Kier alpha value is -1.35. The zero-order valence-electron chi connectivity index (χ0n) is 12.8. The van der Waals surface area contributed by atoms with Gasteiger partial charge >= 0.3 is 0 Å². The number of hydrogen-bond donors (Lipinski definition) is 1. The van der Waals surface area contributed by atoms with Crippen LogP contribution in [0.1, 0.15) is 24.0 Å². The molecule has 0 unspecified atom stereocenters. The lowest BCUT2D eigenvalue weighted by atomic mass is 9.74. The Labute approximate surface area is 139 Å². The van der Waals surface area contributed by atoms with Crippen molar-refractivity contribution in [2.24, 2.45) is 0 Å². The Morgan fingerprint density at radius 1 is 0.864 bits per heavy atom. The molecule has 0 atom stereocenters. The van der Waals surface area contributed by atoms with Gasteiger partial charge in [-0.2, -0.15) is 0 Å². The minimum atomic E-state index is 0. The SMILES string of the molecule is Cl.c1ccc(COCC2(c3ccccc3)CCNCC2)cc1. The van der Waals surface area contributed by atoms with E-state index < -0.39 is 0 Å². The molecule has 0 aliphatic carbocycles. The van der Waals surface area contributed by atoms with Gasteiger partial charge in [-0.3, -0.25) is 0 Å². The van der Waals surface area contributed by atoms with Crippen LogP contribution in [-0.2, 0) is 16.8 Å². The van der Waals surface area contributed by atoms with Crippen LogP contribution >= 0.6 is 12.4 Å². The van der Waals surface area contributed by atoms with Crippen molar-refractivity contribution in [1.82, 2.24) is 5.32 Å². The summed E-state index contributed by atoms with van der Waals surface area (Å²) >= 11 is 0. The Morgan fingerprint density at radius 3 is 2.09 bits per heavy atom. The third kappa shape index (κ3) is 4.10. The van der Waals surface area contributed by atoms with Gasteiger partial charge in [0.1, 0.15) is 0 Å². The number of halogens is 1. The first-order valence-corrected chi connectivity index (χ1v) is 7.77. The maximum atomic E-state index is 6.09. The summed E-state index contributed by atoms with van der Waals surface area (Å²) in [4.78, 5) is 0. The van der Waals surface area contributed by atoms with Crippen molar-refractivity contribution in [2.75, 3.05) is 19.7 Å². The maximum absolute atomic E-state index is 6.09. The van der Waals surface area contributed by atoms with E-state index in [0.29, 0.717) is 6.61 Å². The predicted molar refractivity (Wildman–Crippen MR) is 93.6 cm³/mol. The van der Waals surface area contributed by atoms with Gasteiger partial charge in [0.25, 0.3) is 0 Å². The standard InChI is InChI=1S/C19H23NO.ClH/c1-3-7-17(8-4-1)15-21-16-19(11-13-20-14-12-19)18-9-5-2-6-10-18;/h1-10,20H,11-16H2;1H. The van der Waals surface area contributed by atoms with Gasteiger partial charge in [-0.25, -0.2) is 0 Å². The summed E-state index contributed by atoms with van der Waals surface area (Å²) in [7, 11) is 0. The van der Waals surface area contributed by atoms with Gasteiger partial charge in [0, 0.05) is 5.41 Å². The van der Waals surface area contributed by atoms with Crippen LogP contribution in [0.4, 0.5) is 0 Å². The van der Waals surface area contributed by atoms with Gasteiger partial charge in [0.05, 0.1) is 13.2 Å². The van der Waals surface area contributed by atoms with E-state index in [1.165, 1.54) is 11.1 Å². The molecule has 0 saturated carbocycles. The fourth-order valence-electron chi connectivity index (χ4n) is 3.15. The molecule has 3 heteroatoms. The molecule has 1 heterocycles. The van der Waals surface area contributed by atoms with E-state index >= 15 is 0 Å². The lowest BCUT2D eigenvalue weighted by Crippen LogP contribution is -2.43. The molecule has 2 aromatic carbocycles. The molecule has 0 amide bonds. The van der Waals surface area contributed by atoms with Gasteiger partial charge in [0.2, 0.25) is 0 Å². The topological polar surface area (TPSA) is 21.3 Å². The minimum absolute atomic E-state index is 0. The summed E-state index contributed by atoms with van der Waals surface area (Å²) in [6.07, 6.45) is 2.29. The van der Waals surface area contributed by atoms with Crippen LogP contribution < -0.4 is 5.32 Å². The predicted octanol–water partition coefficient (Wildman–Crippen LogP) is 3.95. The fraction of sp³-hybridized carbons (Fsp3) is 0.368. The Morgan fingerprint density at radius 2 is 1.45 bits per heavy atom. The van der Waals surface area contributed by atoms with E-state index in [4.69, 9.17) is 4.74 Å². The Bertz CT molecular complexity index is 538. The first kappa shape index (κ1) is 17.0. The van der Waals surface area contributed by atoms with Crippen LogP contribution in [0.25, 0.3) is 0 Å². The van der Waals surface area contributed by atoms with Gasteiger partial charge in [-0.15, -0.1) is 12.4 Å². The molecule has 3 rings (SSSR count). The quantitative estimate of drug-likeness (QED) is 0.901. The van der Waals surface area contributed by atoms with E-state index in [1.54, 1.807) is 0 Å². The van der Waals surface area contributed by atoms with E-state index in [-0.39, 0.29) is 17.8 Å². The molecule has 0 spiro atoms. The van der Waals surface area contributed by atoms with Crippen LogP contribution in [-0.4, -0.2) is 19.7 Å². The highest BCUT2D eigenvalue weighted by Crippen LogP contribution is 2.34. The molecule has 1 aliphatic rings. The minimum Gasteiger partial charge on any atom is -0.376 e. The zero-order valence-corrected chi connectivity index (χ0v) is 13.6. The average molecular weight is 318 g/mol.